The molecule has 0 aliphatic carbocycles. The van der Waals surface area contributed by atoms with Gasteiger partial charge in [-0.25, -0.2) is 0 Å². The third-order valence-electron chi connectivity index (χ3n) is 4.44. The smallest absolute Gasteiger partial charge is 0.213 e. The number of ketones is 1. The van der Waals surface area contributed by atoms with Gasteiger partial charge in [-0.1, -0.05) is 29.3 Å². The van der Waals surface area contributed by atoms with Crippen molar-refractivity contribution in [2.45, 2.75) is 6.42 Å². The van der Waals surface area contributed by atoms with E-state index < -0.39 is 0 Å². The second-order valence-corrected chi connectivity index (χ2v) is 6.82. The van der Waals surface area contributed by atoms with Crippen LogP contribution in [0.4, 0.5) is 5.69 Å². The summed E-state index contributed by atoms with van der Waals surface area (Å²) in [7, 11) is 0. The van der Waals surface area contributed by atoms with E-state index in [9.17, 15) is 10.1 Å². The first-order chi connectivity index (χ1) is 12.1. The number of nitrogens with zero attached hydrogens (tertiary/aromatic N) is 2. The highest BCUT2D eigenvalue weighted by molar-refractivity contribution is 6.36. The van der Waals surface area contributed by atoms with Crippen molar-refractivity contribution in [1.82, 2.24) is 5.32 Å². The number of carbonyl (C=O) groups is 1. The Hall–Kier alpha value is -2.48. The van der Waals surface area contributed by atoms with E-state index in [1.807, 2.05) is 11.0 Å². The molecular weight excluding hydrogens is 357 g/mol. The van der Waals surface area contributed by atoms with Gasteiger partial charge in [-0.15, -0.1) is 0 Å². The summed E-state index contributed by atoms with van der Waals surface area (Å²) in [4.78, 5) is 14.9. The number of carbonyl (C=O) groups excluding carboxylic acids is 1. The molecule has 0 spiro atoms. The van der Waals surface area contributed by atoms with Gasteiger partial charge in [0.05, 0.1) is 17.3 Å². The number of anilines is 1. The molecule has 2 aliphatic heterocycles. The molecule has 6 heteroatoms. The molecule has 0 amide bonds. The van der Waals surface area contributed by atoms with Crippen LogP contribution in [0.2, 0.25) is 10.0 Å². The van der Waals surface area contributed by atoms with Crippen LogP contribution in [0.25, 0.3) is 11.1 Å². The standard InChI is InChI=1S/C19H13Cl2N3O/c20-12-2-3-13(16(21)8-12)14-6-11(9-22)7-15-18(14)24-5-1-4-23-10-17(24)19(15)25/h2-3,6-8,10,23H,1,4-5H2. The number of benzene rings is 2. The lowest BCUT2D eigenvalue weighted by Crippen LogP contribution is -2.21. The van der Waals surface area contributed by atoms with Crippen LogP contribution in [-0.4, -0.2) is 18.9 Å². The highest BCUT2D eigenvalue weighted by atomic mass is 35.5. The van der Waals surface area contributed by atoms with Gasteiger partial charge in [0.1, 0.15) is 5.70 Å². The van der Waals surface area contributed by atoms with Gasteiger partial charge < -0.3 is 10.2 Å². The molecule has 0 saturated heterocycles. The summed E-state index contributed by atoms with van der Waals surface area (Å²) in [6.45, 7) is 1.54. The van der Waals surface area contributed by atoms with Gasteiger partial charge in [-0.05, 0) is 30.7 Å². The lowest BCUT2D eigenvalue weighted by atomic mass is 9.97. The third-order valence-corrected chi connectivity index (χ3v) is 4.99. The number of allylic oxidation sites excluding steroid dienone is 1. The molecule has 124 valence electrons. The van der Waals surface area contributed by atoms with Crippen LogP contribution in [-0.2, 0) is 0 Å². The van der Waals surface area contributed by atoms with Crippen LogP contribution in [0.5, 0.6) is 0 Å². The van der Waals surface area contributed by atoms with E-state index in [4.69, 9.17) is 23.2 Å². The Kier molecular flexibility index (Phi) is 3.91. The summed E-state index contributed by atoms with van der Waals surface area (Å²) in [5.41, 5.74) is 3.91. The summed E-state index contributed by atoms with van der Waals surface area (Å²) in [5.74, 6) is -0.0761. The monoisotopic (exact) mass is 369 g/mol. The Bertz CT molecular complexity index is 975. The molecular formula is C19H13Cl2N3O. The maximum Gasteiger partial charge on any atom is 0.213 e. The zero-order valence-corrected chi connectivity index (χ0v) is 14.7. The van der Waals surface area contributed by atoms with Crippen molar-refractivity contribution in [2.75, 3.05) is 18.0 Å². The van der Waals surface area contributed by atoms with E-state index in [-0.39, 0.29) is 5.78 Å². The number of Topliss-reactive ketones (excluding diaryl/α,β-unsaturated/α-hetero) is 1. The quantitative estimate of drug-likeness (QED) is 0.810. The predicted octanol–water partition coefficient (Wildman–Crippen LogP) is 4.37. The van der Waals surface area contributed by atoms with Crippen LogP contribution < -0.4 is 10.2 Å². The van der Waals surface area contributed by atoms with Gasteiger partial charge in [0, 0.05) is 46.0 Å². The molecule has 0 fully saturated rings. The van der Waals surface area contributed by atoms with Crippen molar-refractivity contribution in [3.8, 4) is 17.2 Å². The highest BCUT2D eigenvalue weighted by Crippen LogP contribution is 2.45. The molecule has 0 aromatic heterocycles. The second-order valence-electron chi connectivity index (χ2n) is 5.97. The van der Waals surface area contributed by atoms with Crippen molar-refractivity contribution in [2.24, 2.45) is 0 Å². The van der Waals surface area contributed by atoms with E-state index in [1.54, 1.807) is 30.5 Å². The number of rotatable bonds is 1. The van der Waals surface area contributed by atoms with Crippen molar-refractivity contribution >= 4 is 34.7 Å². The molecule has 2 aliphatic rings. The van der Waals surface area contributed by atoms with Gasteiger partial charge in [-0.3, -0.25) is 4.79 Å². The molecule has 0 bridgehead atoms. The van der Waals surface area contributed by atoms with Gasteiger partial charge in [-0.2, -0.15) is 5.26 Å². The number of hydrogen-bond acceptors (Lipinski definition) is 4. The van der Waals surface area contributed by atoms with E-state index in [0.29, 0.717) is 26.9 Å². The molecule has 0 radical (unpaired) electrons. The minimum absolute atomic E-state index is 0.0761. The van der Waals surface area contributed by atoms with Crippen LogP contribution >= 0.6 is 23.2 Å². The minimum atomic E-state index is -0.0761. The Morgan fingerprint density at radius 2 is 1.92 bits per heavy atom. The molecule has 25 heavy (non-hydrogen) atoms. The number of nitrogens with one attached hydrogen (secondary N) is 1. The summed E-state index contributed by atoms with van der Waals surface area (Å²) < 4.78 is 0. The first-order valence-corrected chi connectivity index (χ1v) is 8.65. The molecule has 2 aromatic rings. The van der Waals surface area contributed by atoms with Crippen LogP contribution in [0.3, 0.4) is 0 Å². The second kappa shape index (κ2) is 6.11. The largest absolute Gasteiger partial charge is 0.389 e. The fraction of sp³-hybridized carbons (Fsp3) is 0.158. The number of hydrogen-bond donors (Lipinski definition) is 1. The molecule has 2 heterocycles. The Morgan fingerprint density at radius 1 is 1.12 bits per heavy atom. The average molecular weight is 370 g/mol. The maximum atomic E-state index is 12.9. The van der Waals surface area contributed by atoms with Gasteiger partial charge in [0.15, 0.2) is 0 Å². The van der Waals surface area contributed by atoms with Crippen molar-refractivity contribution in [3.63, 3.8) is 0 Å². The highest BCUT2D eigenvalue weighted by Gasteiger charge is 2.36. The first-order valence-electron chi connectivity index (χ1n) is 7.89. The van der Waals surface area contributed by atoms with E-state index in [2.05, 4.69) is 11.4 Å². The molecule has 0 atom stereocenters. The van der Waals surface area contributed by atoms with E-state index in [1.165, 1.54) is 0 Å². The summed E-state index contributed by atoms with van der Waals surface area (Å²) in [6.07, 6.45) is 2.66. The number of fused-ring (bicyclic) bond motifs is 3. The van der Waals surface area contributed by atoms with E-state index in [0.717, 1.165) is 36.3 Å². The Morgan fingerprint density at radius 3 is 2.68 bits per heavy atom. The Balaban J connectivity index is 2.01. The molecule has 1 N–H and O–H groups in total. The topological polar surface area (TPSA) is 56.1 Å². The fourth-order valence-corrected chi connectivity index (χ4v) is 3.85. The number of halogens is 2. The van der Waals surface area contributed by atoms with Crippen LogP contribution in [0.15, 0.2) is 42.2 Å². The lowest BCUT2D eigenvalue weighted by Gasteiger charge is -2.22. The summed E-state index contributed by atoms with van der Waals surface area (Å²) in [6, 6.07) is 10.8. The van der Waals surface area contributed by atoms with Crippen molar-refractivity contribution in [3.05, 3.63) is 63.4 Å². The normalized spacial score (nSPS) is 15.6. The molecule has 0 saturated carbocycles. The summed E-state index contributed by atoms with van der Waals surface area (Å²) >= 11 is 12.4. The minimum Gasteiger partial charge on any atom is -0.389 e. The molecule has 4 nitrogen and oxygen atoms in total. The molecule has 2 aromatic carbocycles. The Labute approximate surface area is 155 Å². The number of nitriles is 1. The summed E-state index contributed by atoms with van der Waals surface area (Å²) in [5, 5.41) is 13.6. The first kappa shape index (κ1) is 16.0. The third kappa shape index (κ3) is 2.57. The van der Waals surface area contributed by atoms with Gasteiger partial charge >= 0.3 is 0 Å². The zero-order valence-electron chi connectivity index (χ0n) is 13.1. The molecule has 0 unspecified atom stereocenters. The molecule has 4 rings (SSSR count). The SMILES string of the molecule is N#Cc1cc2c(c(-c3ccc(Cl)cc3Cl)c1)N1CCCNC=C1C2=O. The van der Waals surface area contributed by atoms with Crippen molar-refractivity contribution in [1.29, 1.82) is 5.26 Å². The average Bonchev–Trinajstić information content (AvgIpc) is 2.77. The van der Waals surface area contributed by atoms with Crippen LogP contribution in [0, 0.1) is 11.3 Å². The van der Waals surface area contributed by atoms with Gasteiger partial charge in [0.2, 0.25) is 5.78 Å². The van der Waals surface area contributed by atoms with Gasteiger partial charge in [0.25, 0.3) is 0 Å². The van der Waals surface area contributed by atoms with Crippen LogP contribution in [0.1, 0.15) is 22.3 Å². The van der Waals surface area contributed by atoms with E-state index >= 15 is 0 Å². The fourth-order valence-electron chi connectivity index (χ4n) is 3.34. The predicted molar refractivity (Wildman–Crippen MR) is 99.0 cm³/mol. The lowest BCUT2D eigenvalue weighted by molar-refractivity contribution is 0.103. The maximum absolute atomic E-state index is 12.9. The zero-order chi connectivity index (χ0) is 17.6. The van der Waals surface area contributed by atoms with Crippen molar-refractivity contribution < 1.29 is 4.79 Å².